The second-order valence-corrected chi connectivity index (χ2v) is 6.67. The van der Waals surface area contributed by atoms with Crippen molar-refractivity contribution in [3.8, 4) is 5.75 Å². The third kappa shape index (κ3) is 5.36. The van der Waals surface area contributed by atoms with Gasteiger partial charge in [-0.05, 0) is 49.7 Å². The normalized spacial score (nSPS) is 16.2. The molecule has 0 amide bonds. The van der Waals surface area contributed by atoms with Crippen molar-refractivity contribution >= 4 is 0 Å². The molecule has 2 aromatic rings. The molecule has 0 aliphatic carbocycles. The number of rotatable bonds is 7. The molecule has 0 bridgehead atoms. The van der Waals surface area contributed by atoms with E-state index in [0.717, 1.165) is 12.2 Å². The lowest BCUT2D eigenvalue weighted by Gasteiger charge is -2.32. The van der Waals surface area contributed by atoms with Gasteiger partial charge in [0.05, 0.1) is 0 Å². The van der Waals surface area contributed by atoms with Crippen LogP contribution in [0.15, 0.2) is 54.6 Å². The molecular formula is C21H28N2O. The van der Waals surface area contributed by atoms with Crippen LogP contribution in [0.1, 0.15) is 17.5 Å². The van der Waals surface area contributed by atoms with Gasteiger partial charge in [-0.2, -0.15) is 0 Å². The highest BCUT2D eigenvalue weighted by Gasteiger charge is 2.12. The summed E-state index contributed by atoms with van der Waals surface area (Å²) in [5, 5.41) is 0. The van der Waals surface area contributed by atoms with E-state index in [1.54, 1.807) is 0 Å². The Hall–Kier alpha value is -1.84. The zero-order valence-corrected chi connectivity index (χ0v) is 14.7. The quantitative estimate of drug-likeness (QED) is 0.776. The monoisotopic (exact) mass is 324 g/mol. The number of piperazine rings is 1. The first-order chi connectivity index (χ1) is 11.8. The van der Waals surface area contributed by atoms with Gasteiger partial charge in [0.1, 0.15) is 12.4 Å². The molecule has 0 aromatic heterocycles. The van der Waals surface area contributed by atoms with Crippen LogP contribution in [-0.4, -0.2) is 49.6 Å². The molecule has 1 saturated heterocycles. The molecule has 3 rings (SSSR count). The smallest absolute Gasteiger partial charge is 0.119 e. The number of nitrogens with zero attached hydrogens (tertiary/aromatic N) is 2. The lowest BCUT2D eigenvalue weighted by molar-refractivity contribution is 0.153. The molecule has 1 aliphatic heterocycles. The maximum absolute atomic E-state index is 5.84. The van der Waals surface area contributed by atoms with E-state index < -0.39 is 0 Å². The largest absolute Gasteiger partial charge is 0.489 e. The van der Waals surface area contributed by atoms with Crippen LogP contribution in [0.25, 0.3) is 0 Å². The Bertz CT molecular complexity index is 589. The number of aryl methyl sites for hydroxylation is 1. The van der Waals surface area contributed by atoms with Gasteiger partial charge in [-0.15, -0.1) is 0 Å². The molecule has 0 spiro atoms. The molecule has 0 saturated carbocycles. The summed E-state index contributed by atoms with van der Waals surface area (Å²) >= 11 is 0. The number of benzene rings is 2. The van der Waals surface area contributed by atoms with Crippen LogP contribution in [0.2, 0.25) is 0 Å². The maximum Gasteiger partial charge on any atom is 0.119 e. The molecule has 128 valence electrons. The van der Waals surface area contributed by atoms with Crippen molar-refractivity contribution in [1.29, 1.82) is 0 Å². The fourth-order valence-corrected chi connectivity index (χ4v) is 3.07. The summed E-state index contributed by atoms with van der Waals surface area (Å²) in [7, 11) is 2.21. The van der Waals surface area contributed by atoms with Gasteiger partial charge < -0.3 is 14.5 Å². The first-order valence-electron chi connectivity index (χ1n) is 8.96. The number of likely N-dealkylation sites (N-methyl/N-ethyl adjacent to an activating group) is 1. The summed E-state index contributed by atoms with van der Waals surface area (Å²) in [6, 6.07) is 18.9. The van der Waals surface area contributed by atoms with Gasteiger partial charge in [0.15, 0.2) is 0 Å². The molecule has 1 aliphatic rings. The zero-order valence-electron chi connectivity index (χ0n) is 14.7. The van der Waals surface area contributed by atoms with Crippen molar-refractivity contribution in [2.75, 3.05) is 39.8 Å². The van der Waals surface area contributed by atoms with E-state index in [4.69, 9.17) is 4.74 Å². The Labute approximate surface area is 145 Å². The van der Waals surface area contributed by atoms with E-state index in [0.29, 0.717) is 6.61 Å². The van der Waals surface area contributed by atoms with Crippen molar-refractivity contribution in [3.05, 3.63) is 65.7 Å². The predicted molar refractivity (Wildman–Crippen MR) is 99.5 cm³/mol. The SMILES string of the molecule is CN1CCN(CCCc2ccc(OCc3ccccc3)cc2)CC1. The average molecular weight is 324 g/mol. The predicted octanol–water partition coefficient (Wildman–Crippen LogP) is 3.45. The highest BCUT2D eigenvalue weighted by atomic mass is 16.5. The molecule has 24 heavy (non-hydrogen) atoms. The van der Waals surface area contributed by atoms with E-state index in [1.165, 1.54) is 50.3 Å². The number of ether oxygens (including phenoxy) is 1. The standard InChI is InChI=1S/C21H28N2O/c1-22-14-16-23(17-15-22)13-5-8-19-9-11-21(12-10-19)24-18-20-6-3-2-4-7-20/h2-4,6-7,9-12H,5,8,13-18H2,1H3. The number of hydrogen-bond donors (Lipinski definition) is 0. The second kappa shape index (κ2) is 8.86. The zero-order chi connectivity index (χ0) is 16.6. The van der Waals surface area contributed by atoms with Crippen LogP contribution in [0.5, 0.6) is 5.75 Å². The highest BCUT2D eigenvalue weighted by Crippen LogP contribution is 2.15. The van der Waals surface area contributed by atoms with Crippen molar-refractivity contribution < 1.29 is 4.74 Å². The summed E-state index contributed by atoms with van der Waals surface area (Å²) in [5.74, 6) is 0.946. The Morgan fingerprint density at radius 1 is 0.833 bits per heavy atom. The second-order valence-electron chi connectivity index (χ2n) is 6.67. The lowest BCUT2D eigenvalue weighted by Crippen LogP contribution is -2.44. The third-order valence-electron chi connectivity index (χ3n) is 4.71. The van der Waals surface area contributed by atoms with Crippen LogP contribution in [-0.2, 0) is 13.0 Å². The van der Waals surface area contributed by atoms with Crippen LogP contribution >= 0.6 is 0 Å². The van der Waals surface area contributed by atoms with Crippen LogP contribution < -0.4 is 4.74 Å². The van der Waals surface area contributed by atoms with Gasteiger partial charge in [0.2, 0.25) is 0 Å². The minimum atomic E-state index is 0.629. The molecule has 0 unspecified atom stereocenters. The molecule has 1 heterocycles. The topological polar surface area (TPSA) is 15.7 Å². The van der Waals surface area contributed by atoms with Gasteiger partial charge >= 0.3 is 0 Å². The van der Waals surface area contributed by atoms with E-state index in [2.05, 4.69) is 53.2 Å². The highest BCUT2D eigenvalue weighted by molar-refractivity contribution is 5.28. The molecule has 0 N–H and O–H groups in total. The Balaban J connectivity index is 1.38. The molecule has 1 fully saturated rings. The van der Waals surface area contributed by atoms with Gasteiger partial charge in [0.25, 0.3) is 0 Å². The molecule has 2 aromatic carbocycles. The molecule has 0 radical (unpaired) electrons. The summed E-state index contributed by atoms with van der Waals surface area (Å²) in [4.78, 5) is 4.99. The van der Waals surface area contributed by atoms with Crippen LogP contribution in [0.3, 0.4) is 0 Å². The Morgan fingerprint density at radius 2 is 1.54 bits per heavy atom. The maximum atomic E-state index is 5.84. The van der Waals surface area contributed by atoms with E-state index in [1.807, 2.05) is 18.2 Å². The van der Waals surface area contributed by atoms with Crippen molar-refractivity contribution in [3.63, 3.8) is 0 Å². The van der Waals surface area contributed by atoms with Gasteiger partial charge in [-0.25, -0.2) is 0 Å². The van der Waals surface area contributed by atoms with Crippen molar-refractivity contribution in [2.24, 2.45) is 0 Å². The minimum absolute atomic E-state index is 0.629. The third-order valence-corrected chi connectivity index (χ3v) is 4.71. The molecular weight excluding hydrogens is 296 g/mol. The average Bonchev–Trinajstić information content (AvgIpc) is 2.64. The Morgan fingerprint density at radius 3 is 2.25 bits per heavy atom. The molecule has 3 nitrogen and oxygen atoms in total. The molecule has 0 atom stereocenters. The van der Waals surface area contributed by atoms with Crippen LogP contribution in [0.4, 0.5) is 0 Å². The van der Waals surface area contributed by atoms with Crippen LogP contribution in [0, 0.1) is 0 Å². The fourth-order valence-electron chi connectivity index (χ4n) is 3.07. The van der Waals surface area contributed by atoms with Crippen molar-refractivity contribution in [1.82, 2.24) is 9.80 Å². The lowest BCUT2D eigenvalue weighted by atomic mass is 10.1. The first kappa shape index (κ1) is 17.0. The minimum Gasteiger partial charge on any atom is -0.489 e. The van der Waals surface area contributed by atoms with Gasteiger partial charge in [0, 0.05) is 26.2 Å². The van der Waals surface area contributed by atoms with Gasteiger partial charge in [-0.3, -0.25) is 0 Å². The van der Waals surface area contributed by atoms with Gasteiger partial charge in [-0.1, -0.05) is 42.5 Å². The number of hydrogen-bond acceptors (Lipinski definition) is 3. The summed E-state index contributed by atoms with van der Waals surface area (Å²) < 4.78 is 5.84. The summed E-state index contributed by atoms with van der Waals surface area (Å²) in [6.45, 7) is 6.66. The Kier molecular flexibility index (Phi) is 6.27. The molecule has 3 heteroatoms. The summed E-state index contributed by atoms with van der Waals surface area (Å²) in [5.41, 5.74) is 2.60. The van der Waals surface area contributed by atoms with Crippen molar-refractivity contribution in [2.45, 2.75) is 19.4 Å². The van der Waals surface area contributed by atoms with E-state index in [-0.39, 0.29) is 0 Å². The first-order valence-corrected chi connectivity index (χ1v) is 8.96. The fraction of sp³-hybridized carbons (Fsp3) is 0.429. The van der Waals surface area contributed by atoms with E-state index in [9.17, 15) is 0 Å². The van der Waals surface area contributed by atoms with E-state index >= 15 is 0 Å². The summed E-state index contributed by atoms with van der Waals surface area (Å²) in [6.07, 6.45) is 2.37.